The minimum Gasteiger partial charge on any atom is -0.456 e. The molecule has 0 aromatic rings. The van der Waals surface area contributed by atoms with Crippen molar-refractivity contribution in [3.63, 3.8) is 0 Å². The summed E-state index contributed by atoms with van der Waals surface area (Å²) in [6, 6.07) is 0. The third-order valence-corrected chi connectivity index (χ3v) is 1.70. The fraction of sp³-hybridized carbons (Fsp3) is 0.833. The van der Waals surface area contributed by atoms with E-state index in [0.29, 0.717) is 0 Å². The largest absolute Gasteiger partial charge is 0.456 e. The SMILES string of the molecule is [NH3+]C[C@@H](O)[C@H]1OC(=O)C[C@H]1O. The molecule has 0 aliphatic carbocycles. The molecule has 0 aromatic heterocycles. The number of aliphatic hydroxyl groups is 2. The summed E-state index contributed by atoms with van der Waals surface area (Å²) in [4.78, 5) is 10.6. The first-order valence-electron chi connectivity index (χ1n) is 3.50. The zero-order valence-electron chi connectivity index (χ0n) is 6.06. The molecule has 0 amide bonds. The van der Waals surface area contributed by atoms with E-state index in [1.54, 1.807) is 0 Å². The third-order valence-electron chi connectivity index (χ3n) is 1.70. The van der Waals surface area contributed by atoms with Crippen LogP contribution in [0.4, 0.5) is 0 Å². The summed E-state index contributed by atoms with van der Waals surface area (Å²) in [5, 5.41) is 18.3. The zero-order chi connectivity index (χ0) is 8.43. The van der Waals surface area contributed by atoms with Gasteiger partial charge in [0.2, 0.25) is 0 Å². The molecule has 1 aliphatic rings. The topological polar surface area (TPSA) is 94.4 Å². The highest BCUT2D eigenvalue weighted by molar-refractivity contribution is 5.72. The lowest BCUT2D eigenvalue weighted by Gasteiger charge is -2.15. The fourth-order valence-corrected chi connectivity index (χ4v) is 1.06. The maximum Gasteiger partial charge on any atom is 0.309 e. The van der Waals surface area contributed by atoms with E-state index in [1.807, 2.05) is 0 Å². The van der Waals surface area contributed by atoms with E-state index in [-0.39, 0.29) is 13.0 Å². The van der Waals surface area contributed by atoms with Crippen molar-refractivity contribution in [3.8, 4) is 0 Å². The number of aliphatic hydroxyl groups excluding tert-OH is 2. The molecule has 3 atom stereocenters. The maximum absolute atomic E-state index is 10.6. The van der Waals surface area contributed by atoms with Gasteiger partial charge in [-0.2, -0.15) is 0 Å². The molecule has 5 heteroatoms. The van der Waals surface area contributed by atoms with E-state index in [4.69, 9.17) is 10.2 Å². The van der Waals surface area contributed by atoms with Crippen molar-refractivity contribution in [2.45, 2.75) is 24.7 Å². The normalized spacial score (nSPS) is 33.5. The van der Waals surface area contributed by atoms with Crippen LogP contribution in [0.1, 0.15) is 6.42 Å². The van der Waals surface area contributed by atoms with Gasteiger partial charge in [0, 0.05) is 0 Å². The quantitative estimate of drug-likeness (QED) is 0.384. The van der Waals surface area contributed by atoms with Gasteiger partial charge >= 0.3 is 5.97 Å². The van der Waals surface area contributed by atoms with Gasteiger partial charge in [0.25, 0.3) is 0 Å². The Labute approximate surface area is 63.8 Å². The van der Waals surface area contributed by atoms with Crippen LogP contribution in [0.2, 0.25) is 0 Å². The van der Waals surface area contributed by atoms with E-state index < -0.39 is 24.3 Å². The van der Waals surface area contributed by atoms with Crippen molar-refractivity contribution < 1.29 is 25.5 Å². The number of cyclic esters (lactones) is 1. The number of rotatable bonds is 2. The highest BCUT2D eigenvalue weighted by Gasteiger charge is 2.38. The van der Waals surface area contributed by atoms with Crippen molar-refractivity contribution in [1.82, 2.24) is 0 Å². The lowest BCUT2D eigenvalue weighted by molar-refractivity contribution is -0.389. The Morgan fingerprint density at radius 2 is 2.45 bits per heavy atom. The Bertz CT molecular complexity index is 161. The van der Waals surface area contributed by atoms with Gasteiger partial charge in [-0.25, -0.2) is 0 Å². The Balaban J connectivity index is 2.52. The number of esters is 1. The van der Waals surface area contributed by atoms with Crippen LogP contribution in [-0.4, -0.2) is 41.0 Å². The summed E-state index contributed by atoms with van der Waals surface area (Å²) in [6.07, 6.45) is -2.53. The first-order valence-corrected chi connectivity index (χ1v) is 3.50. The molecule has 0 spiro atoms. The summed E-state index contributed by atoms with van der Waals surface area (Å²) in [6.45, 7) is 0.231. The van der Waals surface area contributed by atoms with Crippen molar-refractivity contribution in [3.05, 3.63) is 0 Å². The van der Waals surface area contributed by atoms with Crippen LogP contribution in [-0.2, 0) is 9.53 Å². The van der Waals surface area contributed by atoms with Crippen molar-refractivity contribution in [1.29, 1.82) is 0 Å². The molecular weight excluding hydrogens is 150 g/mol. The molecule has 0 aromatic carbocycles. The second-order valence-corrected chi connectivity index (χ2v) is 2.58. The molecule has 1 saturated heterocycles. The lowest BCUT2D eigenvalue weighted by Crippen LogP contribution is -2.59. The van der Waals surface area contributed by atoms with Crippen LogP contribution < -0.4 is 5.73 Å². The molecule has 0 saturated carbocycles. The minimum absolute atomic E-state index is 0.0261. The highest BCUT2D eigenvalue weighted by Crippen LogP contribution is 2.17. The summed E-state index contributed by atoms with van der Waals surface area (Å²) < 4.78 is 4.65. The van der Waals surface area contributed by atoms with Crippen molar-refractivity contribution in [2.75, 3.05) is 6.54 Å². The third kappa shape index (κ3) is 1.68. The van der Waals surface area contributed by atoms with Gasteiger partial charge < -0.3 is 20.7 Å². The van der Waals surface area contributed by atoms with Gasteiger partial charge in [0.15, 0.2) is 6.10 Å². The lowest BCUT2D eigenvalue weighted by atomic mass is 10.1. The predicted octanol–water partition coefficient (Wildman–Crippen LogP) is -2.73. The number of quaternary nitrogens is 1. The molecule has 64 valence electrons. The Kier molecular flexibility index (Phi) is 2.43. The molecule has 0 unspecified atom stereocenters. The molecule has 5 N–H and O–H groups in total. The van der Waals surface area contributed by atoms with E-state index in [2.05, 4.69) is 10.5 Å². The Hall–Kier alpha value is -0.650. The molecule has 11 heavy (non-hydrogen) atoms. The highest BCUT2D eigenvalue weighted by atomic mass is 16.6. The summed E-state index contributed by atoms with van der Waals surface area (Å²) in [5.41, 5.74) is 3.44. The van der Waals surface area contributed by atoms with E-state index in [0.717, 1.165) is 0 Å². The van der Waals surface area contributed by atoms with Crippen LogP contribution in [0.15, 0.2) is 0 Å². The molecule has 0 radical (unpaired) electrons. The first-order chi connectivity index (χ1) is 5.15. The summed E-state index contributed by atoms with van der Waals surface area (Å²) in [5.74, 6) is -0.463. The molecule has 1 fully saturated rings. The first kappa shape index (κ1) is 8.45. The number of hydrogen-bond donors (Lipinski definition) is 3. The number of carbonyl (C=O) groups excluding carboxylic acids is 1. The van der Waals surface area contributed by atoms with Crippen LogP contribution in [0, 0.1) is 0 Å². The zero-order valence-corrected chi connectivity index (χ0v) is 6.06. The summed E-state index contributed by atoms with van der Waals surface area (Å²) >= 11 is 0. The van der Waals surface area contributed by atoms with Gasteiger partial charge in [-0.15, -0.1) is 0 Å². The van der Waals surface area contributed by atoms with Crippen molar-refractivity contribution in [2.24, 2.45) is 0 Å². The standard InChI is InChI=1S/C6H11NO4/c7-2-4(9)6-3(8)1-5(10)11-6/h3-4,6,8-9H,1-2,7H2/p+1/t3-,4-,6+/m1/s1. The van der Waals surface area contributed by atoms with Gasteiger partial charge in [-0.1, -0.05) is 0 Å². The Morgan fingerprint density at radius 3 is 2.82 bits per heavy atom. The molecule has 1 heterocycles. The van der Waals surface area contributed by atoms with E-state index >= 15 is 0 Å². The Morgan fingerprint density at radius 1 is 1.82 bits per heavy atom. The summed E-state index contributed by atoms with van der Waals surface area (Å²) in [7, 11) is 0. The average molecular weight is 162 g/mol. The smallest absolute Gasteiger partial charge is 0.309 e. The van der Waals surface area contributed by atoms with Gasteiger partial charge in [0.05, 0.1) is 6.42 Å². The second-order valence-electron chi connectivity index (χ2n) is 2.58. The minimum atomic E-state index is -0.876. The van der Waals surface area contributed by atoms with Crippen LogP contribution >= 0.6 is 0 Å². The van der Waals surface area contributed by atoms with Crippen LogP contribution in [0.25, 0.3) is 0 Å². The fourth-order valence-electron chi connectivity index (χ4n) is 1.06. The number of ether oxygens (including phenoxy) is 1. The second kappa shape index (κ2) is 3.17. The average Bonchev–Trinajstić information content (AvgIpc) is 2.28. The van der Waals surface area contributed by atoms with Gasteiger partial charge in [-0.3, -0.25) is 4.79 Å². The molecule has 1 rings (SSSR count). The molecule has 5 nitrogen and oxygen atoms in total. The molecular formula is C6H12NO4+. The maximum atomic E-state index is 10.6. The predicted molar refractivity (Wildman–Crippen MR) is 34.3 cm³/mol. The van der Waals surface area contributed by atoms with E-state index in [1.165, 1.54) is 0 Å². The number of hydrogen-bond acceptors (Lipinski definition) is 4. The van der Waals surface area contributed by atoms with Crippen LogP contribution in [0.3, 0.4) is 0 Å². The van der Waals surface area contributed by atoms with Gasteiger partial charge in [0.1, 0.15) is 18.8 Å². The van der Waals surface area contributed by atoms with Crippen LogP contribution in [0.5, 0.6) is 0 Å². The molecule has 1 aliphatic heterocycles. The van der Waals surface area contributed by atoms with Crippen molar-refractivity contribution >= 4 is 5.97 Å². The number of carbonyl (C=O) groups is 1. The monoisotopic (exact) mass is 162 g/mol. The molecule has 0 bridgehead atoms. The van der Waals surface area contributed by atoms with Gasteiger partial charge in [-0.05, 0) is 0 Å². The van der Waals surface area contributed by atoms with E-state index in [9.17, 15) is 4.79 Å².